The van der Waals surface area contributed by atoms with Crippen LogP contribution in [0.5, 0.6) is 0 Å². The molecule has 3 aromatic heterocycles. The summed E-state index contributed by atoms with van der Waals surface area (Å²) in [6.45, 7) is 4.54. The van der Waals surface area contributed by atoms with E-state index in [1.807, 2.05) is 25.2 Å². The quantitative estimate of drug-likeness (QED) is 0.590. The summed E-state index contributed by atoms with van der Waals surface area (Å²) in [6, 6.07) is 2.11. The number of nitrogens with zero attached hydrogens (tertiary/aromatic N) is 5. The van der Waals surface area contributed by atoms with Crippen LogP contribution in [0.4, 0.5) is 0 Å². The van der Waals surface area contributed by atoms with Gasteiger partial charge < -0.3 is 5.32 Å². The van der Waals surface area contributed by atoms with Crippen LogP contribution in [0.1, 0.15) is 63.8 Å². The molecule has 30 heavy (non-hydrogen) atoms. The molecule has 0 bridgehead atoms. The normalized spacial score (nSPS) is 13.2. The van der Waals surface area contributed by atoms with Crippen molar-refractivity contribution in [2.24, 2.45) is 0 Å². The molecule has 0 radical (unpaired) electrons. The number of hydrogen-bond donors (Lipinski definition) is 1. The van der Waals surface area contributed by atoms with E-state index in [2.05, 4.69) is 21.5 Å². The molecule has 0 saturated heterocycles. The highest BCUT2D eigenvalue weighted by Crippen LogP contribution is 2.27. The highest BCUT2D eigenvalue weighted by Gasteiger charge is 2.16. The zero-order valence-electron chi connectivity index (χ0n) is 17.5. The maximum absolute atomic E-state index is 12.3. The Bertz CT molecular complexity index is 1100. The van der Waals surface area contributed by atoms with E-state index in [1.54, 1.807) is 4.52 Å². The molecule has 1 aliphatic carbocycles. The van der Waals surface area contributed by atoms with Crippen molar-refractivity contribution in [2.75, 3.05) is 6.54 Å². The molecule has 8 heteroatoms. The summed E-state index contributed by atoms with van der Waals surface area (Å²) in [5, 5.41) is 17.7. The second-order valence-corrected chi connectivity index (χ2v) is 8.97. The van der Waals surface area contributed by atoms with Crippen molar-refractivity contribution in [2.45, 2.75) is 65.2 Å². The van der Waals surface area contributed by atoms with Crippen molar-refractivity contribution in [3.05, 3.63) is 44.3 Å². The van der Waals surface area contributed by atoms with Crippen molar-refractivity contribution < 1.29 is 4.79 Å². The summed E-state index contributed by atoms with van der Waals surface area (Å²) in [5.74, 6) is 0.0468. The standard InChI is InChI=1S/C22H26N6OS/c1-14-17(15(2)28-22(26-14)16(12-23)13-25-28)9-10-20(29)24-11-5-8-21-27-18-6-3-4-7-19(18)30-21/h13H,3-11H2,1-2H3,(H,24,29). The number of aryl methyl sites for hydroxylation is 5. The number of carbonyl (C=O) groups excluding carboxylic acids is 1. The lowest BCUT2D eigenvalue weighted by Crippen LogP contribution is -2.25. The van der Waals surface area contributed by atoms with E-state index >= 15 is 0 Å². The van der Waals surface area contributed by atoms with Crippen LogP contribution in [0.2, 0.25) is 0 Å². The minimum absolute atomic E-state index is 0.0468. The SMILES string of the molecule is Cc1nc2c(C#N)cnn2c(C)c1CCC(=O)NCCCc1nc2c(s1)CCCC2. The predicted molar refractivity (Wildman–Crippen MR) is 116 cm³/mol. The van der Waals surface area contributed by atoms with E-state index in [4.69, 9.17) is 4.98 Å². The first-order chi connectivity index (χ1) is 14.6. The first-order valence-corrected chi connectivity index (χ1v) is 11.4. The van der Waals surface area contributed by atoms with Gasteiger partial charge in [0.1, 0.15) is 11.6 Å². The van der Waals surface area contributed by atoms with E-state index in [1.165, 1.54) is 41.0 Å². The minimum atomic E-state index is 0.0468. The number of amides is 1. The van der Waals surface area contributed by atoms with Crippen molar-refractivity contribution >= 4 is 22.9 Å². The highest BCUT2D eigenvalue weighted by atomic mass is 32.1. The summed E-state index contributed by atoms with van der Waals surface area (Å²) >= 11 is 1.85. The summed E-state index contributed by atoms with van der Waals surface area (Å²) in [6.07, 6.45) is 9.23. The number of thiazole rings is 1. The monoisotopic (exact) mass is 422 g/mol. The number of fused-ring (bicyclic) bond motifs is 2. The zero-order chi connectivity index (χ0) is 21.1. The van der Waals surface area contributed by atoms with Gasteiger partial charge in [-0.1, -0.05) is 0 Å². The van der Waals surface area contributed by atoms with Gasteiger partial charge in [0.05, 0.1) is 16.9 Å². The Labute approximate surface area is 180 Å². The highest BCUT2D eigenvalue weighted by molar-refractivity contribution is 7.11. The second kappa shape index (κ2) is 8.92. The lowest BCUT2D eigenvalue weighted by molar-refractivity contribution is -0.121. The molecule has 0 unspecified atom stereocenters. The van der Waals surface area contributed by atoms with E-state index in [0.29, 0.717) is 30.6 Å². The molecule has 3 aromatic rings. The van der Waals surface area contributed by atoms with Gasteiger partial charge in [-0.25, -0.2) is 14.5 Å². The average molecular weight is 423 g/mol. The fourth-order valence-electron chi connectivity index (χ4n) is 4.06. The van der Waals surface area contributed by atoms with Gasteiger partial charge in [-0.2, -0.15) is 10.4 Å². The number of hydrogen-bond acceptors (Lipinski definition) is 6. The molecule has 1 N–H and O–H groups in total. The number of nitriles is 1. The van der Waals surface area contributed by atoms with Gasteiger partial charge in [0.15, 0.2) is 5.65 Å². The van der Waals surface area contributed by atoms with E-state index < -0.39 is 0 Å². The molecule has 156 valence electrons. The Morgan fingerprint density at radius 2 is 2.10 bits per heavy atom. The van der Waals surface area contributed by atoms with Gasteiger partial charge in [0.25, 0.3) is 0 Å². The molecule has 1 amide bonds. The molecule has 1 aliphatic rings. The smallest absolute Gasteiger partial charge is 0.220 e. The van der Waals surface area contributed by atoms with Gasteiger partial charge in [0, 0.05) is 35.7 Å². The molecule has 0 aromatic carbocycles. The maximum Gasteiger partial charge on any atom is 0.220 e. The topological polar surface area (TPSA) is 96.0 Å². The Kier molecular flexibility index (Phi) is 6.09. The van der Waals surface area contributed by atoms with Gasteiger partial charge in [-0.3, -0.25) is 4.79 Å². The van der Waals surface area contributed by atoms with Crippen molar-refractivity contribution in [1.29, 1.82) is 5.26 Å². The number of nitrogens with one attached hydrogen (secondary N) is 1. The summed E-state index contributed by atoms with van der Waals surface area (Å²) < 4.78 is 1.69. The van der Waals surface area contributed by atoms with E-state index in [0.717, 1.165) is 36.2 Å². The van der Waals surface area contributed by atoms with Crippen LogP contribution in [0.25, 0.3) is 5.65 Å². The Hall–Kier alpha value is -2.79. The van der Waals surface area contributed by atoms with Crippen LogP contribution in [-0.2, 0) is 30.5 Å². The number of rotatable bonds is 7. The molecular formula is C22H26N6OS. The molecule has 0 atom stereocenters. The van der Waals surface area contributed by atoms with Crippen LogP contribution >= 0.6 is 11.3 Å². The van der Waals surface area contributed by atoms with Crippen molar-refractivity contribution in [3.63, 3.8) is 0 Å². The van der Waals surface area contributed by atoms with Gasteiger partial charge >= 0.3 is 0 Å². The molecule has 4 rings (SSSR count). The van der Waals surface area contributed by atoms with Gasteiger partial charge in [-0.15, -0.1) is 11.3 Å². The first kappa shape index (κ1) is 20.5. The van der Waals surface area contributed by atoms with Crippen LogP contribution in [0, 0.1) is 25.2 Å². The third-order valence-corrected chi connectivity index (χ3v) is 6.93. The zero-order valence-corrected chi connectivity index (χ0v) is 18.3. The van der Waals surface area contributed by atoms with Crippen molar-refractivity contribution in [3.8, 4) is 6.07 Å². The lowest BCUT2D eigenvalue weighted by atomic mass is 10.0. The molecule has 0 aliphatic heterocycles. The van der Waals surface area contributed by atoms with Gasteiger partial charge in [-0.05, 0) is 57.9 Å². The van der Waals surface area contributed by atoms with E-state index in [-0.39, 0.29) is 5.91 Å². The first-order valence-electron chi connectivity index (χ1n) is 10.5. The second-order valence-electron chi connectivity index (χ2n) is 7.80. The summed E-state index contributed by atoms with van der Waals surface area (Å²) in [7, 11) is 0. The molecule has 3 heterocycles. The third-order valence-electron chi connectivity index (χ3n) is 5.71. The summed E-state index contributed by atoms with van der Waals surface area (Å²) in [5.41, 5.74) is 5.13. The van der Waals surface area contributed by atoms with Crippen LogP contribution in [0.3, 0.4) is 0 Å². The largest absolute Gasteiger partial charge is 0.356 e. The summed E-state index contributed by atoms with van der Waals surface area (Å²) in [4.78, 5) is 23.1. The van der Waals surface area contributed by atoms with Gasteiger partial charge in [0.2, 0.25) is 5.91 Å². The predicted octanol–water partition coefficient (Wildman–Crippen LogP) is 3.23. The van der Waals surface area contributed by atoms with E-state index in [9.17, 15) is 10.1 Å². The fourth-order valence-corrected chi connectivity index (χ4v) is 5.26. The number of carbonyl (C=O) groups is 1. The minimum Gasteiger partial charge on any atom is -0.356 e. The Morgan fingerprint density at radius 1 is 1.27 bits per heavy atom. The Balaban J connectivity index is 1.27. The maximum atomic E-state index is 12.3. The molecule has 0 fully saturated rings. The molecule has 0 spiro atoms. The molecule has 0 saturated carbocycles. The lowest BCUT2D eigenvalue weighted by Gasteiger charge is -2.11. The van der Waals surface area contributed by atoms with Crippen LogP contribution < -0.4 is 5.32 Å². The molecular weight excluding hydrogens is 396 g/mol. The van der Waals surface area contributed by atoms with Crippen LogP contribution in [0.15, 0.2) is 6.20 Å². The molecule has 7 nitrogen and oxygen atoms in total. The average Bonchev–Trinajstić information content (AvgIpc) is 3.34. The third kappa shape index (κ3) is 4.21. The number of aromatic nitrogens is 4. The van der Waals surface area contributed by atoms with Crippen molar-refractivity contribution in [1.82, 2.24) is 24.9 Å². The van der Waals surface area contributed by atoms with Crippen LogP contribution in [-0.4, -0.2) is 32.0 Å². The fraction of sp³-hybridized carbons (Fsp3) is 0.500. The Morgan fingerprint density at radius 3 is 2.90 bits per heavy atom.